The zero-order chi connectivity index (χ0) is 27.1. The predicted octanol–water partition coefficient (Wildman–Crippen LogP) is 5.77. The summed E-state index contributed by atoms with van der Waals surface area (Å²) in [4.78, 5) is 58.1. The number of ketones is 1. The molecule has 2 aromatic heterocycles. The first-order valence-corrected chi connectivity index (χ1v) is 13.6. The Hall–Kier alpha value is -4.43. The number of thiophene rings is 1. The van der Waals surface area contributed by atoms with Gasteiger partial charge in [-0.3, -0.25) is 19.3 Å². The van der Waals surface area contributed by atoms with Crippen LogP contribution in [0.15, 0.2) is 78.2 Å². The smallest absolute Gasteiger partial charge is 0.339 e. The van der Waals surface area contributed by atoms with Crippen molar-refractivity contribution in [3.63, 3.8) is 0 Å². The van der Waals surface area contributed by atoms with E-state index in [0.29, 0.717) is 51.1 Å². The number of aryl methyl sites for hydroxylation is 1. The molecule has 2 aromatic carbocycles. The number of ether oxygens (including phenoxy) is 1. The molecule has 3 heterocycles. The Morgan fingerprint density at radius 3 is 2.36 bits per heavy atom. The lowest BCUT2D eigenvalue weighted by atomic mass is 9.85. The quantitative estimate of drug-likeness (QED) is 0.134. The van der Waals surface area contributed by atoms with Gasteiger partial charge in [0, 0.05) is 10.9 Å². The van der Waals surface area contributed by atoms with Crippen LogP contribution in [0.2, 0.25) is 0 Å². The highest BCUT2D eigenvalue weighted by Crippen LogP contribution is 2.38. The highest BCUT2D eigenvalue weighted by molar-refractivity contribution is 7.12. The Bertz CT molecular complexity index is 1630. The summed E-state index contributed by atoms with van der Waals surface area (Å²) in [5.41, 5.74) is 3.62. The molecule has 1 aliphatic carbocycles. The number of anilines is 1. The summed E-state index contributed by atoms with van der Waals surface area (Å²) in [5.74, 6) is -1.79. The van der Waals surface area contributed by atoms with Crippen molar-refractivity contribution in [1.29, 1.82) is 0 Å². The molecule has 6 rings (SSSR count). The summed E-state index contributed by atoms with van der Waals surface area (Å²) in [6.07, 6.45) is 5.10. The number of allylic oxidation sites excluding steroid dienone is 2. The molecule has 8 heteroatoms. The fraction of sp³-hybridized carbons (Fsp3) is 0.194. The van der Waals surface area contributed by atoms with E-state index in [1.165, 1.54) is 16.2 Å². The van der Waals surface area contributed by atoms with Crippen LogP contribution < -0.4 is 4.90 Å². The Morgan fingerprint density at radius 1 is 0.974 bits per heavy atom. The van der Waals surface area contributed by atoms with Crippen molar-refractivity contribution in [3.05, 3.63) is 94.2 Å². The maximum absolute atomic E-state index is 13.2. The summed E-state index contributed by atoms with van der Waals surface area (Å²) < 4.78 is 5.41. The van der Waals surface area contributed by atoms with Gasteiger partial charge in [-0.2, -0.15) is 0 Å². The summed E-state index contributed by atoms with van der Waals surface area (Å²) in [5, 5.41) is 2.43. The van der Waals surface area contributed by atoms with Crippen molar-refractivity contribution in [2.24, 2.45) is 11.8 Å². The highest BCUT2D eigenvalue weighted by atomic mass is 32.1. The second-order valence-corrected chi connectivity index (χ2v) is 10.7. The molecule has 2 aliphatic rings. The second-order valence-electron chi connectivity index (χ2n) is 9.72. The van der Waals surface area contributed by atoms with Crippen LogP contribution >= 0.6 is 11.3 Å². The van der Waals surface area contributed by atoms with Gasteiger partial charge in [0.1, 0.15) is 0 Å². The molecule has 2 atom stereocenters. The number of benzene rings is 2. The number of amides is 2. The third-order valence-electron chi connectivity index (χ3n) is 7.32. The van der Waals surface area contributed by atoms with Gasteiger partial charge in [-0.05, 0) is 55.0 Å². The van der Waals surface area contributed by atoms with Crippen molar-refractivity contribution >= 4 is 51.5 Å². The molecule has 4 aromatic rings. The van der Waals surface area contributed by atoms with E-state index in [-0.39, 0.29) is 36.0 Å². The molecule has 1 saturated heterocycles. The van der Waals surface area contributed by atoms with Crippen molar-refractivity contribution in [2.45, 2.75) is 19.8 Å². The van der Waals surface area contributed by atoms with Gasteiger partial charge in [-0.1, -0.05) is 48.6 Å². The van der Waals surface area contributed by atoms with E-state index in [4.69, 9.17) is 9.72 Å². The van der Waals surface area contributed by atoms with Gasteiger partial charge >= 0.3 is 5.97 Å². The molecule has 2 unspecified atom stereocenters. The minimum Gasteiger partial charge on any atom is -0.454 e. The molecule has 0 spiro atoms. The van der Waals surface area contributed by atoms with E-state index in [2.05, 4.69) is 0 Å². The minimum absolute atomic E-state index is 0.163. The third kappa shape index (κ3) is 4.46. The van der Waals surface area contributed by atoms with Gasteiger partial charge in [0.25, 0.3) is 0 Å². The van der Waals surface area contributed by atoms with Gasteiger partial charge in [-0.15, -0.1) is 11.3 Å². The van der Waals surface area contributed by atoms with E-state index >= 15 is 0 Å². The molecule has 39 heavy (non-hydrogen) atoms. The number of pyridine rings is 1. The van der Waals surface area contributed by atoms with Crippen molar-refractivity contribution in [2.75, 3.05) is 11.5 Å². The molecule has 0 saturated carbocycles. The Labute approximate surface area is 228 Å². The second kappa shape index (κ2) is 10.0. The van der Waals surface area contributed by atoms with Crippen LogP contribution in [-0.4, -0.2) is 35.2 Å². The molecule has 0 N–H and O–H groups in total. The Kier molecular flexibility index (Phi) is 6.40. The number of nitrogens with zero attached hydrogens (tertiary/aromatic N) is 2. The number of Topliss-reactive ketones (excluding diaryl/α,β-unsaturated/α-hetero) is 1. The van der Waals surface area contributed by atoms with E-state index in [9.17, 15) is 19.2 Å². The Morgan fingerprint density at radius 2 is 1.69 bits per heavy atom. The fourth-order valence-corrected chi connectivity index (χ4v) is 5.91. The summed E-state index contributed by atoms with van der Waals surface area (Å²) in [6, 6.07) is 17.7. The molecular weight excluding hydrogens is 512 g/mol. The first kappa shape index (κ1) is 24.9. The average Bonchev–Trinajstić information content (AvgIpc) is 3.59. The van der Waals surface area contributed by atoms with Crippen LogP contribution in [0.5, 0.6) is 0 Å². The molecule has 194 valence electrons. The molecule has 1 fully saturated rings. The number of para-hydroxylation sites is 1. The number of rotatable bonds is 6. The standard InChI is InChI=1S/C31H24N2O5S/c1-18-6-4-9-21-24(31(37)38-17-26(34)27-10-5-15-39-27)16-25(32-28(18)21)19-11-13-20(14-12-19)33-29(35)22-7-2-3-8-23(22)30(33)36/h2-6,9-16,22-23H,7-8,17H2,1H3. The van der Waals surface area contributed by atoms with Gasteiger partial charge < -0.3 is 4.74 Å². The highest BCUT2D eigenvalue weighted by Gasteiger charge is 2.47. The lowest BCUT2D eigenvalue weighted by Crippen LogP contribution is -2.30. The molecule has 2 amide bonds. The minimum atomic E-state index is -0.611. The summed E-state index contributed by atoms with van der Waals surface area (Å²) in [6.45, 7) is 1.56. The SMILES string of the molecule is Cc1cccc2c(C(=O)OCC(=O)c3cccs3)cc(-c3ccc(N4C(=O)C5CC=CCC5C4=O)cc3)nc12. The maximum atomic E-state index is 13.2. The lowest BCUT2D eigenvalue weighted by molar-refractivity contribution is -0.122. The Balaban J connectivity index is 1.31. The number of carbonyl (C=O) groups excluding carboxylic acids is 4. The van der Waals surface area contributed by atoms with E-state index in [0.717, 1.165) is 5.56 Å². The monoisotopic (exact) mass is 536 g/mol. The van der Waals surface area contributed by atoms with Crippen LogP contribution in [-0.2, 0) is 14.3 Å². The zero-order valence-corrected chi connectivity index (χ0v) is 21.9. The third-order valence-corrected chi connectivity index (χ3v) is 8.23. The number of imide groups is 1. The summed E-state index contributed by atoms with van der Waals surface area (Å²) in [7, 11) is 0. The van der Waals surface area contributed by atoms with Crippen molar-refractivity contribution < 1.29 is 23.9 Å². The molecule has 0 radical (unpaired) electrons. The fourth-order valence-electron chi connectivity index (χ4n) is 5.26. The van der Waals surface area contributed by atoms with Gasteiger partial charge in [-0.25, -0.2) is 9.78 Å². The largest absolute Gasteiger partial charge is 0.454 e. The normalized spacial score (nSPS) is 18.4. The van der Waals surface area contributed by atoms with Crippen LogP contribution in [0, 0.1) is 18.8 Å². The van der Waals surface area contributed by atoms with Crippen LogP contribution in [0.3, 0.4) is 0 Å². The number of aromatic nitrogens is 1. The number of esters is 1. The number of fused-ring (bicyclic) bond motifs is 2. The van der Waals surface area contributed by atoms with Crippen molar-refractivity contribution in [1.82, 2.24) is 4.98 Å². The molecule has 1 aliphatic heterocycles. The van der Waals surface area contributed by atoms with Gasteiger partial charge in [0.05, 0.1) is 39.2 Å². The van der Waals surface area contributed by atoms with Crippen LogP contribution in [0.25, 0.3) is 22.2 Å². The van der Waals surface area contributed by atoms with Gasteiger partial charge in [0.2, 0.25) is 17.6 Å². The lowest BCUT2D eigenvalue weighted by Gasteiger charge is -2.16. The predicted molar refractivity (Wildman–Crippen MR) is 149 cm³/mol. The number of carbonyl (C=O) groups is 4. The topological polar surface area (TPSA) is 93.6 Å². The van der Waals surface area contributed by atoms with E-state index in [1.807, 2.05) is 31.2 Å². The number of hydrogen-bond acceptors (Lipinski definition) is 7. The van der Waals surface area contributed by atoms with Crippen LogP contribution in [0.4, 0.5) is 5.69 Å². The number of hydrogen-bond donors (Lipinski definition) is 0. The molecular formula is C31H24N2O5S. The van der Waals surface area contributed by atoms with Crippen molar-refractivity contribution in [3.8, 4) is 11.3 Å². The maximum Gasteiger partial charge on any atom is 0.339 e. The first-order chi connectivity index (χ1) is 18.9. The zero-order valence-electron chi connectivity index (χ0n) is 21.1. The molecule has 0 bridgehead atoms. The summed E-state index contributed by atoms with van der Waals surface area (Å²) >= 11 is 1.30. The van der Waals surface area contributed by atoms with E-state index < -0.39 is 5.97 Å². The first-order valence-electron chi connectivity index (χ1n) is 12.7. The molecule has 7 nitrogen and oxygen atoms in total. The van der Waals surface area contributed by atoms with E-state index in [1.54, 1.807) is 53.9 Å². The van der Waals surface area contributed by atoms with Gasteiger partial charge in [0.15, 0.2) is 6.61 Å². The average molecular weight is 537 g/mol. The van der Waals surface area contributed by atoms with Crippen LogP contribution in [0.1, 0.15) is 38.4 Å².